The normalized spacial score (nSPS) is 13.2. The highest BCUT2D eigenvalue weighted by molar-refractivity contribution is 5.54. The number of nitrogens with one attached hydrogen (secondary N) is 1. The second-order valence-corrected chi connectivity index (χ2v) is 4.03. The molecule has 0 aliphatic carbocycles. The topological polar surface area (TPSA) is 76.7 Å². The van der Waals surface area contributed by atoms with Crippen LogP contribution in [0.4, 0.5) is 11.8 Å². The Morgan fingerprint density at radius 2 is 2.24 bits per heavy atom. The number of hydrogen-bond donors (Lipinski definition) is 2. The number of hydrogen-bond acceptors (Lipinski definition) is 5. The third-order valence-electron chi connectivity index (χ3n) is 2.85. The quantitative estimate of drug-likeness (QED) is 0.800. The second-order valence-electron chi connectivity index (χ2n) is 4.03. The summed E-state index contributed by atoms with van der Waals surface area (Å²) in [6.45, 7) is 0.905. The Bertz CT molecular complexity index is 538. The Kier molecular flexibility index (Phi) is 2.36. The summed E-state index contributed by atoms with van der Waals surface area (Å²) in [6, 6.07) is 5.88. The van der Waals surface area contributed by atoms with Crippen LogP contribution >= 0.6 is 0 Å². The van der Waals surface area contributed by atoms with Crippen LogP contribution in [0, 0.1) is 0 Å². The van der Waals surface area contributed by atoms with Gasteiger partial charge in [-0.05, 0) is 18.6 Å². The molecule has 5 heteroatoms. The first-order valence-corrected chi connectivity index (χ1v) is 5.62. The van der Waals surface area contributed by atoms with Gasteiger partial charge in [0.1, 0.15) is 5.82 Å². The van der Waals surface area contributed by atoms with Gasteiger partial charge in [-0.2, -0.15) is 4.98 Å². The lowest BCUT2D eigenvalue weighted by Crippen LogP contribution is -2.05. The minimum absolute atomic E-state index is 0.323. The highest BCUT2D eigenvalue weighted by Crippen LogP contribution is 2.24. The molecule has 1 aliphatic rings. The van der Waals surface area contributed by atoms with Gasteiger partial charge in [0.25, 0.3) is 0 Å². The third-order valence-corrected chi connectivity index (χ3v) is 2.85. The van der Waals surface area contributed by atoms with Crippen molar-refractivity contribution in [3.05, 3.63) is 41.3 Å². The van der Waals surface area contributed by atoms with Crippen molar-refractivity contribution in [2.45, 2.75) is 12.8 Å². The van der Waals surface area contributed by atoms with Crippen LogP contribution in [-0.2, 0) is 12.8 Å². The van der Waals surface area contributed by atoms with Crippen molar-refractivity contribution in [2.75, 3.05) is 17.6 Å². The Morgan fingerprint density at radius 3 is 3.06 bits per heavy atom. The van der Waals surface area contributed by atoms with Gasteiger partial charge in [0, 0.05) is 30.4 Å². The van der Waals surface area contributed by atoms with Crippen LogP contribution in [0.15, 0.2) is 24.4 Å². The van der Waals surface area contributed by atoms with E-state index in [2.05, 4.69) is 20.3 Å². The van der Waals surface area contributed by atoms with E-state index in [1.807, 2.05) is 18.2 Å². The Balaban J connectivity index is 1.98. The minimum Gasteiger partial charge on any atom is -0.369 e. The van der Waals surface area contributed by atoms with Gasteiger partial charge in [-0.1, -0.05) is 6.07 Å². The molecule has 0 atom stereocenters. The summed E-state index contributed by atoms with van der Waals surface area (Å²) in [6.07, 6.45) is 3.45. The molecule has 2 aromatic heterocycles. The zero-order valence-electron chi connectivity index (χ0n) is 9.35. The molecular weight excluding hydrogens is 214 g/mol. The summed E-state index contributed by atoms with van der Waals surface area (Å²) in [5.41, 5.74) is 8.86. The molecule has 0 radical (unpaired) electrons. The molecule has 0 bridgehead atoms. The summed E-state index contributed by atoms with van der Waals surface area (Å²) >= 11 is 0. The van der Waals surface area contributed by atoms with Crippen LogP contribution in [0.3, 0.4) is 0 Å². The van der Waals surface area contributed by atoms with E-state index >= 15 is 0 Å². The highest BCUT2D eigenvalue weighted by atomic mass is 15.1. The van der Waals surface area contributed by atoms with Crippen molar-refractivity contribution in [1.82, 2.24) is 15.0 Å². The predicted molar refractivity (Wildman–Crippen MR) is 65.7 cm³/mol. The molecule has 0 unspecified atom stereocenters. The molecule has 0 amide bonds. The molecule has 0 saturated carbocycles. The number of nitrogens with two attached hydrogens (primary N) is 1. The van der Waals surface area contributed by atoms with Crippen LogP contribution in [0.25, 0.3) is 0 Å². The van der Waals surface area contributed by atoms with Gasteiger partial charge >= 0.3 is 0 Å². The van der Waals surface area contributed by atoms with Crippen LogP contribution in [0.1, 0.15) is 17.0 Å². The van der Waals surface area contributed by atoms with Crippen LogP contribution < -0.4 is 11.1 Å². The fourth-order valence-corrected chi connectivity index (χ4v) is 2.08. The number of fused-ring (bicyclic) bond motifs is 1. The lowest BCUT2D eigenvalue weighted by molar-refractivity contribution is 0.959. The average molecular weight is 227 g/mol. The number of nitrogen functional groups attached to an aromatic ring is 1. The predicted octanol–water partition coefficient (Wildman–Crippen LogP) is 1.01. The fourth-order valence-electron chi connectivity index (χ4n) is 2.08. The third kappa shape index (κ3) is 1.91. The molecule has 5 nitrogen and oxygen atoms in total. The molecule has 86 valence electrons. The molecule has 0 fully saturated rings. The second kappa shape index (κ2) is 4.01. The molecular formula is C12H13N5. The van der Waals surface area contributed by atoms with Gasteiger partial charge in [0.05, 0.1) is 5.69 Å². The van der Waals surface area contributed by atoms with Gasteiger partial charge < -0.3 is 11.1 Å². The summed E-state index contributed by atoms with van der Waals surface area (Å²) < 4.78 is 0. The van der Waals surface area contributed by atoms with E-state index in [4.69, 9.17) is 5.73 Å². The van der Waals surface area contributed by atoms with E-state index in [9.17, 15) is 0 Å². The first-order valence-electron chi connectivity index (χ1n) is 5.62. The summed E-state index contributed by atoms with van der Waals surface area (Å²) in [4.78, 5) is 12.8. The summed E-state index contributed by atoms with van der Waals surface area (Å²) in [7, 11) is 0. The van der Waals surface area contributed by atoms with E-state index in [0.29, 0.717) is 12.4 Å². The molecule has 17 heavy (non-hydrogen) atoms. The number of rotatable bonds is 2. The minimum atomic E-state index is 0.323. The number of nitrogens with zero attached hydrogens (tertiary/aromatic N) is 3. The van der Waals surface area contributed by atoms with E-state index in [1.165, 1.54) is 5.56 Å². The van der Waals surface area contributed by atoms with Gasteiger partial charge in [0.15, 0.2) is 0 Å². The molecule has 0 spiro atoms. The van der Waals surface area contributed by atoms with Crippen molar-refractivity contribution in [3.8, 4) is 0 Å². The van der Waals surface area contributed by atoms with E-state index in [0.717, 1.165) is 30.2 Å². The zero-order chi connectivity index (χ0) is 11.7. The largest absolute Gasteiger partial charge is 0.369 e. The summed E-state index contributed by atoms with van der Waals surface area (Å²) in [5.74, 6) is 1.20. The fraction of sp³-hybridized carbons (Fsp3) is 0.250. The van der Waals surface area contributed by atoms with Crippen molar-refractivity contribution in [3.63, 3.8) is 0 Å². The first kappa shape index (κ1) is 10.0. The van der Waals surface area contributed by atoms with E-state index < -0.39 is 0 Å². The lowest BCUT2D eigenvalue weighted by Gasteiger charge is -2.07. The maximum atomic E-state index is 5.70. The number of anilines is 2. The van der Waals surface area contributed by atoms with E-state index in [-0.39, 0.29) is 0 Å². The van der Waals surface area contributed by atoms with Crippen molar-refractivity contribution in [2.24, 2.45) is 0 Å². The van der Waals surface area contributed by atoms with Crippen LogP contribution in [0.5, 0.6) is 0 Å². The van der Waals surface area contributed by atoms with Gasteiger partial charge in [0.2, 0.25) is 5.95 Å². The smallest absolute Gasteiger partial charge is 0.222 e. The van der Waals surface area contributed by atoms with E-state index in [1.54, 1.807) is 6.20 Å². The van der Waals surface area contributed by atoms with Gasteiger partial charge in [-0.3, -0.25) is 4.98 Å². The van der Waals surface area contributed by atoms with Crippen molar-refractivity contribution < 1.29 is 0 Å². The molecule has 3 heterocycles. The van der Waals surface area contributed by atoms with Crippen molar-refractivity contribution >= 4 is 11.8 Å². The number of aromatic nitrogens is 3. The lowest BCUT2D eigenvalue weighted by atomic mass is 10.1. The SMILES string of the molecule is Nc1nc(Cc2ccccn2)c2c(n1)NCC2. The maximum absolute atomic E-state index is 5.70. The average Bonchev–Trinajstić information content (AvgIpc) is 2.78. The van der Waals surface area contributed by atoms with Gasteiger partial charge in [-0.25, -0.2) is 4.98 Å². The van der Waals surface area contributed by atoms with Crippen molar-refractivity contribution in [1.29, 1.82) is 0 Å². The maximum Gasteiger partial charge on any atom is 0.222 e. The first-order chi connectivity index (χ1) is 8.33. The van der Waals surface area contributed by atoms with Gasteiger partial charge in [-0.15, -0.1) is 0 Å². The molecule has 0 aromatic carbocycles. The summed E-state index contributed by atoms with van der Waals surface area (Å²) in [5, 5.41) is 3.22. The standard InChI is InChI=1S/C12H13N5/c13-12-16-10(7-8-3-1-2-5-14-8)9-4-6-15-11(9)17-12/h1-3,5H,4,6-7H2,(H3,13,15,16,17). The van der Waals surface area contributed by atoms with Crippen LogP contribution in [0.2, 0.25) is 0 Å². The van der Waals surface area contributed by atoms with Crippen LogP contribution in [-0.4, -0.2) is 21.5 Å². The molecule has 3 N–H and O–H groups in total. The monoisotopic (exact) mass is 227 g/mol. The Morgan fingerprint density at radius 1 is 1.29 bits per heavy atom. The Hall–Kier alpha value is -2.17. The molecule has 3 rings (SSSR count). The number of pyridine rings is 1. The highest BCUT2D eigenvalue weighted by Gasteiger charge is 2.18. The molecule has 1 aliphatic heterocycles. The molecule has 2 aromatic rings. The Labute approximate surface area is 99.1 Å². The molecule has 0 saturated heterocycles. The zero-order valence-corrected chi connectivity index (χ0v) is 9.35.